The van der Waals surface area contributed by atoms with Gasteiger partial charge in [0.15, 0.2) is 0 Å². The van der Waals surface area contributed by atoms with Gasteiger partial charge in [-0.3, -0.25) is 4.98 Å². The Morgan fingerprint density at radius 1 is 1.17 bits per heavy atom. The van der Waals surface area contributed by atoms with E-state index in [1.807, 2.05) is 6.07 Å². The molecule has 0 radical (unpaired) electrons. The van der Waals surface area contributed by atoms with E-state index in [9.17, 15) is 9.60 Å². The maximum Gasteiger partial charge on any atom is 0.127 e. The van der Waals surface area contributed by atoms with Crippen molar-refractivity contribution in [2.45, 2.75) is 12.8 Å². The molecule has 18 heavy (non-hydrogen) atoms. The molecule has 0 saturated heterocycles. The van der Waals surface area contributed by atoms with Gasteiger partial charge in [-0.1, -0.05) is 17.3 Å². The zero-order chi connectivity index (χ0) is 12.5. The highest BCUT2D eigenvalue weighted by Gasteiger charge is 2.22. The second-order valence-corrected chi connectivity index (χ2v) is 4.25. The van der Waals surface area contributed by atoms with Crippen LogP contribution in [0.3, 0.4) is 0 Å². The molecule has 0 aliphatic heterocycles. The van der Waals surface area contributed by atoms with Crippen LogP contribution >= 0.6 is 0 Å². The third-order valence-electron chi connectivity index (χ3n) is 3.28. The summed E-state index contributed by atoms with van der Waals surface area (Å²) in [6, 6.07) is 6.71. The highest BCUT2D eigenvalue weighted by molar-refractivity contribution is 6.14. The predicted molar refractivity (Wildman–Crippen MR) is 65.5 cm³/mol. The lowest BCUT2D eigenvalue weighted by Crippen LogP contribution is -2.07. The van der Waals surface area contributed by atoms with Crippen LogP contribution in [-0.4, -0.2) is 15.9 Å². The highest BCUT2D eigenvalue weighted by atomic mass is 19.1. The van der Waals surface area contributed by atoms with Crippen molar-refractivity contribution in [1.82, 2.24) is 4.98 Å². The molecule has 0 fully saturated rings. The van der Waals surface area contributed by atoms with Crippen molar-refractivity contribution in [1.29, 1.82) is 0 Å². The Labute approximate surface area is 104 Å². The SMILES string of the molecule is O/N=C1\c2cnccc2CCc2c(F)cccc21. The van der Waals surface area contributed by atoms with Crippen molar-refractivity contribution in [3.05, 3.63) is 64.7 Å². The van der Waals surface area contributed by atoms with Crippen molar-refractivity contribution in [3.63, 3.8) is 0 Å². The van der Waals surface area contributed by atoms with E-state index < -0.39 is 0 Å². The van der Waals surface area contributed by atoms with Gasteiger partial charge >= 0.3 is 0 Å². The van der Waals surface area contributed by atoms with Crippen LogP contribution in [0.1, 0.15) is 22.3 Å². The van der Waals surface area contributed by atoms with Gasteiger partial charge in [-0.15, -0.1) is 0 Å². The van der Waals surface area contributed by atoms with E-state index in [2.05, 4.69) is 10.1 Å². The Morgan fingerprint density at radius 3 is 2.89 bits per heavy atom. The average Bonchev–Trinajstić information content (AvgIpc) is 2.56. The molecule has 90 valence electrons. The zero-order valence-corrected chi connectivity index (χ0v) is 9.60. The lowest BCUT2D eigenvalue weighted by molar-refractivity contribution is 0.319. The molecule has 2 aromatic rings. The van der Waals surface area contributed by atoms with Gasteiger partial charge in [0.05, 0.1) is 0 Å². The van der Waals surface area contributed by atoms with Crippen molar-refractivity contribution in [2.24, 2.45) is 5.16 Å². The molecule has 1 aliphatic rings. The van der Waals surface area contributed by atoms with E-state index in [1.165, 1.54) is 6.07 Å². The number of hydrogen-bond acceptors (Lipinski definition) is 3. The quantitative estimate of drug-likeness (QED) is 0.570. The maximum absolute atomic E-state index is 13.8. The minimum atomic E-state index is -0.255. The molecule has 1 aliphatic carbocycles. The minimum absolute atomic E-state index is 0.255. The van der Waals surface area contributed by atoms with Crippen LogP contribution in [0.5, 0.6) is 0 Å². The normalized spacial score (nSPS) is 15.9. The molecule has 3 rings (SSSR count). The number of rotatable bonds is 0. The molecular weight excluding hydrogens is 231 g/mol. The van der Waals surface area contributed by atoms with Crippen LogP contribution in [0.4, 0.5) is 4.39 Å². The first kappa shape index (κ1) is 10.9. The van der Waals surface area contributed by atoms with Crippen LogP contribution in [-0.2, 0) is 12.8 Å². The molecule has 0 atom stereocenters. The van der Waals surface area contributed by atoms with Crippen LogP contribution in [0.2, 0.25) is 0 Å². The second-order valence-electron chi connectivity index (χ2n) is 4.25. The van der Waals surface area contributed by atoms with Crippen molar-refractivity contribution >= 4 is 5.71 Å². The van der Waals surface area contributed by atoms with Crippen LogP contribution < -0.4 is 0 Å². The second kappa shape index (κ2) is 4.22. The first-order valence-electron chi connectivity index (χ1n) is 5.74. The van der Waals surface area contributed by atoms with E-state index in [4.69, 9.17) is 0 Å². The summed E-state index contributed by atoms with van der Waals surface area (Å²) < 4.78 is 13.8. The Morgan fingerprint density at radius 2 is 2.06 bits per heavy atom. The summed E-state index contributed by atoms with van der Waals surface area (Å²) in [4.78, 5) is 4.05. The summed E-state index contributed by atoms with van der Waals surface area (Å²) in [7, 11) is 0. The Balaban J connectivity index is 2.29. The third-order valence-corrected chi connectivity index (χ3v) is 3.28. The van der Waals surface area contributed by atoms with Gasteiger partial charge in [-0.25, -0.2) is 4.39 Å². The summed E-state index contributed by atoms with van der Waals surface area (Å²) in [5.41, 5.74) is 3.42. The van der Waals surface area contributed by atoms with Crippen molar-refractivity contribution in [3.8, 4) is 0 Å². The first-order valence-corrected chi connectivity index (χ1v) is 5.74. The van der Waals surface area contributed by atoms with Gasteiger partial charge in [-0.05, 0) is 36.1 Å². The lowest BCUT2D eigenvalue weighted by atomic mass is 9.99. The summed E-state index contributed by atoms with van der Waals surface area (Å²) in [5.74, 6) is -0.255. The molecule has 1 aromatic carbocycles. The molecule has 0 amide bonds. The minimum Gasteiger partial charge on any atom is -0.410 e. The number of pyridine rings is 1. The zero-order valence-electron chi connectivity index (χ0n) is 9.60. The van der Waals surface area contributed by atoms with E-state index >= 15 is 0 Å². The van der Waals surface area contributed by atoms with Crippen molar-refractivity contribution < 1.29 is 9.60 Å². The van der Waals surface area contributed by atoms with Crippen LogP contribution in [0.15, 0.2) is 41.8 Å². The smallest absolute Gasteiger partial charge is 0.127 e. The lowest BCUT2D eigenvalue weighted by Gasteiger charge is -2.08. The number of nitrogens with zero attached hydrogens (tertiary/aromatic N) is 2. The van der Waals surface area contributed by atoms with E-state index in [0.717, 1.165) is 11.1 Å². The molecule has 1 heterocycles. The maximum atomic E-state index is 13.8. The Hall–Kier alpha value is -2.23. The fraction of sp³-hybridized carbons (Fsp3) is 0.143. The summed E-state index contributed by atoms with van der Waals surface area (Å²) in [6.07, 6.45) is 4.66. The van der Waals surface area contributed by atoms with Gasteiger partial charge in [0.1, 0.15) is 11.5 Å². The molecule has 0 spiro atoms. The summed E-state index contributed by atoms with van der Waals surface area (Å²) in [5, 5.41) is 12.6. The van der Waals surface area contributed by atoms with E-state index in [0.29, 0.717) is 29.7 Å². The summed E-state index contributed by atoms with van der Waals surface area (Å²) >= 11 is 0. The Bertz CT molecular complexity index is 637. The molecule has 0 unspecified atom stereocenters. The third kappa shape index (κ3) is 1.57. The monoisotopic (exact) mass is 242 g/mol. The number of oxime groups is 1. The molecular formula is C14H11FN2O. The number of fused-ring (bicyclic) bond motifs is 2. The topological polar surface area (TPSA) is 45.5 Å². The van der Waals surface area contributed by atoms with E-state index in [-0.39, 0.29) is 5.82 Å². The van der Waals surface area contributed by atoms with Gasteiger partial charge in [-0.2, -0.15) is 0 Å². The predicted octanol–water partition coefficient (Wildman–Crippen LogP) is 2.55. The molecule has 3 nitrogen and oxygen atoms in total. The number of hydrogen-bond donors (Lipinski definition) is 1. The summed E-state index contributed by atoms with van der Waals surface area (Å²) in [6.45, 7) is 0. The van der Waals surface area contributed by atoms with Gasteiger partial charge in [0.2, 0.25) is 0 Å². The largest absolute Gasteiger partial charge is 0.410 e. The molecule has 0 bridgehead atoms. The number of aromatic nitrogens is 1. The van der Waals surface area contributed by atoms with Crippen LogP contribution in [0.25, 0.3) is 0 Å². The van der Waals surface area contributed by atoms with Crippen LogP contribution in [0, 0.1) is 5.82 Å². The fourth-order valence-electron chi connectivity index (χ4n) is 2.40. The van der Waals surface area contributed by atoms with E-state index in [1.54, 1.807) is 24.5 Å². The fourth-order valence-corrected chi connectivity index (χ4v) is 2.40. The molecule has 4 heteroatoms. The highest BCUT2D eigenvalue weighted by Crippen LogP contribution is 2.26. The van der Waals surface area contributed by atoms with Crippen molar-refractivity contribution in [2.75, 3.05) is 0 Å². The molecule has 1 N–H and O–H groups in total. The molecule has 1 aromatic heterocycles. The number of halogens is 1. The first-order chi connectivity index (χ1) is 8.81. The average molecular weight is 242 g/mol. The molecule has 0 saturated carbocycles. The van der Waals surface area contributed by atoms with Gasteiger partial charge in [0.25, 0.3) is 0 Å². The van der Waals surface area contributed by atoms with Gasteiger partial charge in [0, 0.05) is 23.5 Å². The standard InChI is InChI=1S/C14H11FN2O/c15-13-3-1-2-11-10(13)5-4-9-6-7-16-8-12(9)14(11)17-18/h1-3,6-8,18H,4-5H2/b17-14-. The van der Waals surface area contributed by atoms with Gasteiger partial charge < -0.3 is 5.21 Å². The number of benzene rings is 1. The number of aryl methyl sites for hydroxylation is 1. The Kier molecular flexibility index (Phi) is 2.55.